The average Bonchev–Trinajstić information content (AvgIpc) is 2.88. The van der Waals surface area contributed by atoms with Crippen LogP contribution in [0.1, 0.15) is 36.8 Å². The maximum Gasteiger partial charge on any atom is 0.0819 e. The van der Waals surface area contributed by atoms with Crippen LogP contribution in [0, 0.1) is 0 Å². The van der Waals surface area contributed by atoms with Crippen molar-refractivity contribution in [2.75, 3.05) is 26.2 Å². The van der Waals surface area contributed by atoms with Gasteiger partial charge in [-0.25, -0.2) is 0 Å². The molecule has 2 saturated heterocycles. The molecule has 0 amide bonds. The van der Waals surface area contributed by atoms with Crippen LogP contribution in [0.5, 0.6) is 0 Å². The Morgan fingerprint density at radius 1 is 1.14 bits per heavy atom. The number of aliphatic hydroxyl groups is 1. The van der Waals surface area contributed by atoms with Crippen LogP contribution in [0.4, 0.5) is 0 Å². The lowest BCUT2D eigenvalue weighted by Gasteiger charge is -2.45. The first-order chi connectivity index (χ1) is 10.3. The molecule has 3 nitrogen and oxygen atoms in total. The number of nitrogens with one attached hydrogen (secondary N) is 1. The first kappa shape index (κ1) is 13.7. The zero-order chi connectivity index (χ0) is 14.3. The van der Waals surface area contributed by atoms with Crippen LogP contribution in [0.2, 0.25) is 0 Å². The highest BCUT2D eigenvalue weighted by atomic mass is 16.3. The topological polar surface area (TPSA) is 35.5 Å². The van der Waals surface area contributed by atoms with Crippen LogP contribution in [0.15, 0.2) is 24.3 Å². The van der Waals surface area contributed by atoms with Crippen molar-refractivity contribution < 1.29 is 5.11 Å². The first-order valence-corrected chi connectivity index (χ1v) is 8.50. The number of β-amino-alcohol motifs (C(OH)–C–C–N with tert-alkyl or cyclic N) is 1. The van der Waals surface area contributed by atoms with E-state index in [2.05, 4.69) is 34.5 Å². The van der Waals surface area contributed by atoms with Gasteiger partial charge >= 0.3 is 0 Å². The number of hydrogen-bond donors (Lipinski definition) is 2. The lowest BCUT2D eigenvalue weighted by molar-refractivity contribution is 0.00731. The van der Waals surface area contributed by atoms with Gasteiger partial charge in [-0.1, -0.05) is 24.3 Å². The summed E-state index contributed by atoms with van der Waals surface area (Å²) in [7, 11) is 0. The van der Waals surface area contributed by atoms with Crippen LogP contribution in [-0.2, 0) is 11.8 Å². The van der Waals surface area contributed by atoms with E-state index < -0.39 is 0 Å². The molecule has 3 aliphatic rings. The highest BCUT2D eigenvalue weighted by Gasteiger charge is 2.42. The Morgan fingerprint density at radius 2 is 1.95 bits per heavy atom. The maximum atomic E-state index is 10.2. The number of fused-ring (bicyclic) bond motifs is 2. The lowest BCUT2D eigenvalue weighted by atomic mass is 9.73. The molecular weight excluding hydrogens is 260 g/mol. The van der Waals surface area contributed by atoms with E-state index in [-0.39, 0.29) is 6.10 Å². The minimum absolute atomic E-state index is 0.191. The van der Waals surface area contributed by atoms with Crippen LogP contribution >= 0.6 is 0 Å². The fourth-order valence-corrected chi connectivity index (χ4v) is 4.82. The van der Waals surface area contributed by atoms with Gasteiger partial charge in [0.15, 0.2) is 0 Å². The molecular formula is C18H26N2O. The standard InChI is InChI=1S/C18H26N2O/c21-17-13-19-10-6-16(17)20-11-8-18(9-12-20)7-5-14-3-1-2-4-15(14)18/h1-4,16-17,19,21H,5-13H2/t16-,17-/m1/s1. The summed E-state index contributed by atoms with van der Waals surface area (Å²) in [6.07, 6.45) is 6.01. The fourth-order valence-electron chi connectivity index (χ4n) is 4.82. The number of hydrogen-bond acceptors (Lipinski definition) is 3. The van der Waals surface area contributed by atoms with E-state index in [9.17, 15) is 5.11 Å². The predicted octanol–water partition coefficient (Wildman–Crippen LogP) is 1.69. The van der Waals surface area contributed by atoms with Crippen LogP contribution < -0.4 is 5.32 Å². The Hall–Kier alpha value is -0.900. The Kier molecular flexibility index (Phi) is 3.52. The minimum Gasteiger partial charge on any atom is -0.390 e. The second-order valence-corrected chi connectivity index (χ2v) is 7.10. The molecule has 2 fully saturated rings. The third kappa shape index (κ3) is 2.32. The van der Waals surface area contributed by atoms with Gasteiger partial charge in [-0.15, -0.1) is 0 Å². The van der Waals surface area contributed by atoms with Crippen molar-refractivity contribution in [2.45, 2.75) is 49.7 Å². The van der Waals surface area contributed by atoms with Gasteiger partial charge in [0.2, 0.25) is 0 Å². The van der Waals surface area contributed by atoms with Crippen molar-refractivity contribution in [1.29, 1.82) is 0 Å². The summed E-state index contributed by atoms with van der Waals surface area (Å²) in [5, 5.41) is 13.5. The number of nitrogens with zero attached hydrogens (tertiary/aromatic N) is 1. The number of aryl methyl sites for hydroxylation is 1. The number of piperidine rings is 2. The smallest absolute Gasteiger partial charge is 0.0819 e. The third-order valence-electron chi connectivity index (χ3n) is 6.10. The molecule has 2 aliphatic heterocycles. The normalized spacial score (nSPS) is 32.2. The van der Waals surface area contributed by atoms with E-state index in [1.165, 1.54) is 25.7 Å². The summed E-state index contributed by atoms with van der Waals surface area (Å²) in [5.41, 5.74) is 3.63. The zero-order valence-corrected chi connectivity index (χ0v) is 12.7. The average molecular weight is 286 g/mol. The second kappa shape index (κ2) is 5.38. The van der Waals surface area contributed by atoms with Crippen molar-refractivity contribution in [3.05, 3.63) is 35.4 Å². The van der Waals surface area contributed by atoms with Crippen LogP contribution in [0.25, 0.3) is 0 Å². The highest BCUT2D eigenvalue weighted by molar-refractivity contribution is 5.39. The summed E-state index contributed by atoms with van der Waals surface area (Å²) in [6, 6.07) is 9.43. The molecule has 3 heteroatoms. The third-order valence-corrected chi connectivity index (χ3v) is 6.10. The lowest BCUT2D eigenvalue weighted by Crippen LogP contribution is -2.56. The Bertz CT molecular complexity index is 508. The molecule has 114 valence electrons. The van der Waals surface area contributed by atoms with Gasteiger partial charge in [0.25, 0.3) is 0 Å². The van der Waals surface area contributed by atoms with Gasteiger partial charge in [0.1, 0.15) is 0 Å². The molecule has 0 radical (unpaired) electrons. The van der Waals surface area contributed by atoms with Gasteiger partial charge in [-0.2, -0.15) is 0 Å². The van der Waals surface area contributed by atoms with Crippen molar-refractivity contribution >= 4 is 0 Å². The van der Waals surface area contributed by atoms with Crippen molar-refractivity contribution in [3.8, 4) is 0 Å². The van der Waals surface area contributed by atoms with E-state index in [0.29, 0.717) is 11.5 Å². The molecule has 0 unspecified atom stereocenters. The van der Waals surface area contributed by atoms with E-state index in [4.69, 9.17) is 0 Å². The summed E-state index contributed by atoms with van der Waals surface area (Å²) in [6.45, 7) is 4.10. The van der Waals surface area contributed by atoms with Gasteiger partial charge in [-0.05, 0) is 68.3 Å². The predicted molar refractivity (Wildman–Crippen MR) is 84.5 cm³/mol. The monoisotopic (exact) mass is 286 g/mol. The number of likely N-dealkylation sites (tertiary alicyclic amines) is 1. The summed E-state index contributed by atoms with van der Waals surface area (Å²) in [5.74, 6) is 0. The molecule has 0 saturated carbocycles. The molecule has 1 aromatic carbocycles. The SMILES string of the molecule is O[C@@H]1CNCC[C@H]1N1CCC2(CCc3ccccc32)CC1. The quantitative estimate of drug-likeness (QED) is 0.825. The molecule has 2 atom stereocenters. The van der Waals surface area contributed by atoms with Gasteiger partial charge in [0.05, 0.1) is 6.10 Å². The minimum atomic E-state index is -0.191. The van der Waals surface area contributed by atoms with Crippen molar-refractivity contribution in [3.63, 3.8) is 0 Å². The molecule has 0 aromatic heterocycles. The molecule has 4 rings (SSSR count). The first-order valence-electron chi connectivity index (χ1n) is 8.50. The largest absolute Gasteiger partial charge is 0.390 e. The molecule has 21 heavy (non-hydrogen) atoms. The molecule has 1 spiro atoms. The number of benzene rings is 1. The van der Waals surface area contributed by atoms with Crippen LogP contribution in [-0.4, -0.2) is 48.3 Å². The van der Waals surface area contributed by atoms with Gasteiger partial charge in [-0.3, -0.25) is 4.90 Å². The molecule has 1 aliphatic carbocycles. The number of rotatable bonds is 1. The van der Waals surface area contributed by atoms with Crippen LogP contribution in [0.3, 0.4) is 0 Å². The van der Waals surface area contributed by atoms with Crippen molar-refractivity contribution in [2.24, 2.45) is 0 Å². The van der Waals surface area contributed by atoms with E-state index in [1.807, 2.05) is 0 Å². The Labute approximate surface area is 127 Å². The summed E-state index contributed by atoms with van der Waals surface area (Å²) >= 11 is 0. The Morgan fingerprint density at radius 3 is 2.76 bits per heavy atom. The Balaban J connectivity index is 1.48. The molecule has 2 heterocycles. The van der Waals surface area contributed by atoms with E-state index >= 15 is 0 Å². The molecule has 0 bridgehead atoms. The van der Waals surface area contributed by atoms with Gasteiger partial charge in [0, 0.05) is 12.6 Å². The van der Waals surface area contributed by atoms with Crippen molar-refractivity contribution in [1.82, 2.24) is 10.2 Å². The summed E-state index contributed by atoms with van der Waals surface area (Å²) in [4.78, 5) is 2.55. The molecule has 1 aromatic rings. The fraction of sp³-hybridized carbons (Fsp3) is 0.667. The summed E-state index contributed by atoms with van der Waals surface area (Å²) < 4.78 is 0. The zero-order valence-electron chi connectivity index (χ0n) is 12.7. The second-order valence-electron chi connectivity index (χ2n) is 7.10. The highest BCUT2D eigenvalue weighted by Crippen LogP contribution is 2.46. The van der Waals surface area contributed by atoms with E-state index in [0.717, 1.165) is 32.6 Å². The van der Waals surface area contributed by atoms with E-state index in [1.54, 1.807) is 11.1 Å². The van der Waals surface area contributed by atoms with Gasteiger partial charge < -0.3 is 10.4 Å². The maximum absolute atomic E-state index is 10.2. The number of aliphatic hydroxyl groups excluding tert-OH is 1. The molecule has 2 N–H and O–H groups in total.